The van der Waals surface area contributed by atoms with Gasteiger partial charge in [0, 0.05) is 45.2 Å². The van der Waals surface area contributed by atoms with Crippen molar-refractivity contribution < 1.29 is 23.2 Å². The fourth-order valence-electron chi connectivity index (χ4n) is 5.23. The number of piperidine rings is 1. The molecule has 7 nitrogen and oxygen atoms in total. The molecular weight excluding hydrogens is 478 g/mol. The molecule has 198 valence electrons. The highest BCUT2D eigenvalue weighted by Gasteiger charge is 2.31. The number of hydrogen-bond acceptors (Lipinski definition) is 5. The zero-order valence-corrected chi connectivity index (χ0v) is 21.2. The number of nitrogens with zero attached hydrogens (tertiary/aromatic N) is 3. The van der Waals surface area contributed by atoms with Gasteiger partial charge in [-0.1, -0.05) is 18.2 Å². The molecule has 2 aromatic rings. The second kappa shape index (κ2) is 12.3. The molecule has 0 spiro atoms. The summed E-state index contributed by atoms with van der Waals surface area (Å²) >= 11 is 0. The van der Waals surface area contributed by atoms with Gasteiger partial charge in [-0.25, -0.2) is 8.78 Å². The second-order valence-electron chi connectivity index (χ2n) is 9.84. The molecule has 2 saturated heterocycles. The Morgan fingerprint density at radius 2 is 1.86 bits per heavy atom. The first-order valence-electron chi connectivity index (χ1n) is 12.9. The van der Waals surface area contributed by atoms with Gasteiger partial charge in [0.25, 0.3) is 0 Å². The van der Waals surface area contributed by atoms with Crippen molar-refractivity contribution in [3.8, 4) is 0 Å². The minimum Gasteiger partial charge on any atom is -0.367 e. The molecule has 2 fully saturated rings. The van der Waals surface area contributed by atoms with Crippen LogP contribution in [0.25, 0.3) is 0 Å². The number of carbonyl (C=O) groups excluding carboxylic acids is 3. The van der Waals surface area contributed by atoms with Crippen molar-refractivity contribution in [3.05, 3.63) is 64.7 Å². The summed E-state index contributed by atoms with van der Waals surface area (Å²) in [7, 11) is 0. The molecule has 0 aromatic heterocycles. The van der Waals surface area contributed by atoms with Crippen LogP contribution in [0.5, 0.6) is 0 Å². The van der Waals surface area contributed by atoms with E-state index >= 15 is 0 Å². The number of imide groups is 1. The Kier molecular flexibility index (Phi) is 8.87. The topological polar surface area (TPSA) is 73.0 Å². The van der Waals surface area contributed by atoms with Gasteiger partial charge >= 0.3 is 0 Å². The average Bonchev–Trinajstić information content (AvgIpc) is 2.87. The van der Waals surface area contributed by atoms with E-state index in [-0.39, 0.29) is 12.3 Å². The van der Waals surface area contributed by atoms with Gasteiger partial charge in [0.1, 0.15) is 17.7 Å². The lowest BCUT2D eigenvalue weighted by molar-refractivity contribution is -0.141. The van der Waals surface area contributed by atoms with E-state index in [1.165, 1.54) is 17.0 Å². The molecule has 0 bridgehead atoms. The minimum absolute atomic E-state index is 0.231. The summed E-state index contributed by atoms with van der Waals surface area (Å²) in [5, 5.41) is 2.33. The summed E-state index contributed by atoms with van der Waals surface area (Å²) in [5.41, 5.74) is 3.74. The van der Waals surface area contributed by atoms with Gasteiger partial charge < -0.3 is 9.80 Å². The van der Waals surface area contributed by atoms with Gasteiger partial charge in [-0.3, -0.25) is 24.6 Å². The summed E-state index contributed by atoms with van der Waals surface area (Å²) in [6, 6.07) is 9.20. The molecule has 3 amide bonds. The largest absolute Gasteiger partial charge is 0.367 e. The van der Waals surface area contributed by atoms with Gasteiger partial charge in [0.2, 0.25) is 18.2 Å². The maximum absolute atomic E-state index is 14.1. The van der Waals surface area contributed by atoms with Crippen molar-refractivity contribution in [2.75, 3.05) is 37.6 Å². The number of halogens is 2. The van der Waals surface area contributed by atoms with Gasteiger partial charge in [0.05, 0.1) is 5.69 Å². The van der Waals surface area contributed by atoms with E-state index in [0.717, 1.165) is 61.7 Å². The Balaban J connectivity index is 1.27. The minimum atomic E-state index is -0.635. The molecule has 2 aliphatic rings. The number of benzene rings is 2. The van der Waals surface area contributed by atoms with E-state index in [0.29, 0.717) is 38.2 Å². The number of nitrogens with one attached hydrogen (secondary N) is 1. The molecule has 1 N–H and O–H groups in total. The number of rotatable bonds is 10. The predicted molar refractivity (Wildman–Crippen MR) is 137 cm³/mol. The summed E-state index contributed by atoms with van der Waals surface area (Å²) in [6.45, 7) is 6.34. The summed E-state index contributed by atoms with van der Waals surface area (Å²) in [5.74, 6) is -1.80. The van der Waals surface area contributed by atoms with Gasteiger partial charge in [-0.05, 0) is 68.0 Å². The van der Waals surface area contributed by atoms with Crippen molar-refractivity contribution in [1.82, 2.24) is 15.1 Å². The van der Waals surface area contributed by atoms with E-state index in [1.807, 2.05) is 24.0 Å². The van der Waals surface area contributed by atoms with Crippen LogP contribution in [0.4, 0.5) is 14.5 Å². The number of aryl methyl sites for hydroxylation is 2. The van der Waals surface area contributed by atoms with Crippen LogP contribution in [0.15, 0.2) is 36.4 Å². The van der Waals surface area contributed by atoms with Crippen LogP contribution in [0, 0.1) is 18.6 Å². The fourth-order valence-corrected chi connectivity index (χ4v) is 5.23. The number of unbranched alkanes of at least 4 members (excludes halogenated alkanes) is 1. The molecule has 4 rings (SSSR count). The first-order chi connectivity index (χ1) is 17.9. The molecule has 2 heterocycles. The summed E-state index contributed by atoms with van der Waals surface area (Å²) in [4.78, 5) is 41.5. The molecule has 2 aliphatic heterocycles. The molecule has 0 radical (unpaired) electrons. The first kappa shape index (κ1) is 26.7. The monoisotopic (exact) mass is 512 g/mol. The van der Waals surface area contributed by atoms with Crippen LogP contribution >= 0.6 is 0 Å². The number of anilines is 1. The van der Waals surface area contributed by atoms with Gasteiger partial charge in [0.15, 0.2) is 0 Å². The van der Waals surface area contributed by atoms with Crippen molar-refractivity contribution in [2.24, 2.45) is 0 Å². The fraction of sp³-hybridized carbons (Fsp3) is 0.464. The number of hydrogen-bond donors (Lipinski definition) is 1. The van der Waals surface area contributed by atoms with E-state index in [2.05, 4.69) is 16.3 Å². The van der Waals surface area contributed by atoms with E-state index in [1.54, 1.807) is 0 Å². The highest BCUT2D eigenvalue weighted by atomic mass is 19.1. The molecule has 37 heavy (non-hydrogen) atoms. The standard InChI is InChI=1S/C28H34F2N4O3/c1-20-5-4-7-21(23(20)18-34(19-35)26-10-11-27(36)31-28(26)37)6-2-3-12-32-13-15-33(16-14-32)25-9-8-22(29)17-24(25)30/h4-5,7-9,17,19,26H,2-3,6,10-16,18H2,1H3,(H,31,36,37). The van der Waals surface area contributed by atoms with Crippen LogP contribution in [0.3, 0.4) is 0 Å². The van der Waals surface area contributed by atoms with Crippen LogP contribution < -0.4 is 10.2 Å². The Labute approximate surface area is 216 Å². The normalized spacial score (nSPS) is 18.6. The van der Waals surface area contributed by atoms with E-state index < -0.39 is 23.6 Å². The van der Waals surface area contributed by atoms with Crippen molar-refractivity contribution in [2.45, 2.75) is 51.6 Å². The Hall–Kier alpha value is -3.33. The van der Waals surface area contributed by atoms with Crippen molar-refractivity contribution >= 4 is 23.9 Å². The Morgan fingerprint density at radius 3 is 2.57 bits per heavy atom. The molecule has 2 aromatic carbocycles. The molecule has 1 unspecified atom stereocenters. The molecule has 9 heteroatoms. The van der Waals surface area contributed by atoms with E-state index in [4.69, 9.17) is 0 Å². The van der Waals surface area contributed by atoms with Crippen LogP contribution in [-0.4, -0.2) is 66.8 Å². The SMILES string of the molecule is Cc1cccc(CCCCN2CCN(c3ccc(F)cc3F)CC2)c1CN(C=O)C1CCC(=O)NC1=O. The Bertz CT molecular complexity index is 1130. The Morgan fingerprint density at radius 1 is 1.08 bits per heavy atom. The lowest BCUT2D eigenvalue weighted by Gasteiger charge is -2.36. The quantitative estimate of drug-likeness (QED) is 0.301. The van der Waals surface area contributed by atoms with Crippen LogP contribution in [0.1, 0.15) is 42.4 Å². The summed E-state index contributed by atoms with van der Waals surface area (Å²) < 4.78 is 27.3. The number of carbonyl (C=O) groups is 3. The van der Waals surface area contributed by atoms with Crippen LogP contribution in [-0.2, 0) is 27.3 Å². The van der Waals surface area contributed by atoms with Crippen molar-refractivity contribution in [3.63, 3.8) is 0 Å². The predicted octanol–water partition coefficient (Wildman–Crippen LogP) is 3.18. The molecule has 1 atom stereocenters. The average molecular weight is 513 g/mol. The number of amides is 3. The maximum Gasteiger partial charge on any atom is 0.249 e. The lowest BCUT2D eigenvalue weighted by Crippen LogP contribution is -2.51. The zero-order valence-electron chi connectivity index (χ0n) is 21.2. The first-order valence-corrected chi connectivity index (χ1v) is 12.9. The third-order valence-corrected chi connectivity index (χ3v) is 7.39. The molecule has 0 aliphatic carbocycles. The van der Waals surface area contributed by atoms with E-state index in [9.17, 15) is 23.2 Å². The second-order valence-corrected chi connectivity index (χ2v) is 9.84. The molecular formula is C28H34F2N4O3. The third kappa shape index (κ3) is 6.71. The smallest absolute Gasteiger partial charge is 0.249 e. The van der Waals surface area contributed by atoms with Crippen LogP contribution in [0.2, 0.25) is 0 Å². The van der Waals surface area contributed by atoms with Crippen molar-refractivity contribution in [1.29, 1.82) is 0 Å². The highest BCUT2D eigenvalue weighted by Crippen LogP contribution is 2.23. The third-order valence-electron chi connectivity index (χ3n) is 7.39. The van der Waals surface area contributed by atoms with Gasteiger partial charge in [-0.2, -0.15) is 0 Å². The summed E-state index contributed by atoms with van der Waals surface area (Å²) in [6.07, 6.45) is 4.11. The maximum atomic E-state index is 14.1. The van der Waals surface area contributed by atoms with Gasteiger partial charge in [-0.15, -0.1) is 0 Å². The zero-order chi connectivity index (χ0) is 26.4. The molecule has 0 saturated carbocycles. The number of piperazine rings is 1. The highest BCUT2D eigenvalue weighted by molar-refractivity contribution is 6.00. The lowest BCUT2D eigenvalue weighted by atomic mass is 9.96.